The molecule has 0 radical (unpaired) electrons. The molecule has 0 aliphatic carbocycles. The van der Waals surface area contributed by atoms with Crippen molar-refractivity contribution in [2.24, 2.45) is 0 Å². The van der Waals surface area contributed by atoms with Crippen LogP contribution in [0.2, 0.25) is 0 Å². The molecule has 0 aromatic heterocycles. The van der Waals surface area contributed by atoms with Gasteiger partial charge in [-0.05, 0) is 30.7 Å². The molecule has 9 heteroatoms. The van der Waals surface area contributed by atoms with E-state index in [0.29, 0.717) is 11.3 Å². The van der Waals surface area contributed by atoms with Crippen LogP contribution in [-0.4, -0.2) is 22.6 Å². The summed E-state index contributed by atoms with van der Waals surface area (Å²) in [6, 6.07) is 6.85. The maximum absolute atomic E-state index is 13.1. The first kappa shape index (κ1) is 18.9. The van der Waals surface area contributed by atoms with Gasteiger partial charge in [-0.1, -0.05) is 12.1 Å². The van der Waals surface area contributed by atoms with Crippen LogP contribution in [0.1, 0.15) is 11.1 Å². The minimum atomic E-state index is -4.79. The summed E-state index contributed by atoms with van der Waals surface area (Å²) in [5.41, 5.74) is -0.680. The van der Waals surface area contributed by atoms with Gasteiger partial charge in [-0.25, -0.2) is 8.42 Å². The molecule has 5 nitrogen and oxygen atoms in total. The fraction of sp³-hybridized carbons (Fsp3) is 0.250. The molecule has 0 aliphatic rings. The molecule has 0 aliphatic heterocycles. The number of aryl methyl sites for hydroxylation is 1. The third-order valence-corrected chi connectivity index (χ3v) is 4.88. The first-order valence-corrected chi connectivity index (χ1v) is 8.50. The molecule has 0 bridgehead atoms. The molecule has 25 heavy (non-hydrogen) atoms. The van der Waals surface area contributed by atoms with Crippen molar-refractivity contribution >= 4 is 15.7 Å². The minimum Gasteiger partial charge on any atom is -0.493 e. The van der Waals surface area contributed by atoms with E-state index in [1.54, 1.807) is 6.92 Å². The number of nitrogens with one attached hydrogen (secondary N) is 1. The number of benzene rings is 2. The highest BCUT2D eigenvalue weighted by Crippen LogP contribution is 2.37. The smallest absolute Gasteiger partial charge is 0.417 e. The van der Waals surface area contributed by atoms with Gasteiger partial charge in [-0.15, -0.1) is 0 Å². The van der Waals surface area contributed by atoms with Gasteiger partial charge in [0.15, 0.2) is 11.5 Å². The second kappa shape index (κ2) is 6.83. The molecule has 0 heterocycles. The highest BCUT2D eigenvalue weighted by Gasteiger charge is 2.37. The van der Waals surface area contributed by atoms with Crippen LogP contribution in [0.3, 0.4) is 0 Å². The van der Waals surface area contributed by atoms with Crippen molar-refractivity contribution in [2.75, 3.05) is 18.9 Å². The van der Waals surface area contributed by atoms with Gasteiger partial charge in [0.05, 0.1) is 30.4 Å². The summed E-state index contributed by atoms with van der Waals surface area (Å²) in [4.78, 5) is -0.850. The molecule has 136 valence electrons. The molecule has 0 unspecified atom stereocenters. The number of hydrogen-bond donors (Lipinski definition) is 1. The number of anilines is 1. The van der Waals surface area contributed by atoms with Gasteiger partial charge in [0.1, 0.15) is 0 Å². The molecule has 0 amide bonds. The molecule has 0 fully saturated rings. The van der Waals surface area contributed by atoms with Crippen molar-refractivity contribution in [1.29, 1.82) is 0 Å². The van der Waals surface area contributed by atoms with Crippen molar-refractivity contribution in [1.82, 2.24) is 0 Å². The Labute approximate surface area is 143 Å². The molecule has 0 spiro atoms. The van der Waals surface area contributed by atoms with Gasteiger partial charge < -0.3 is 9.47 Å². The lowest BCUT2D eigenvalue weighted by Crippen LogP contribution is -2.19. The standard InChI is InChI=1S/C16H16F3NO4S/c1-10-8-13(23-2)14(24-3)9-12(10)20-25(21,22)15-7-5-4-6-11(15)16(17,18)19/h4-9,20H,1-3H3. The minimum absolute atomic E-state index is 0.0922. The molecule has 2 aromatic rings. The Kier molecular flexibility index (Phi) is 5.17. The van der Waals surface area contributed by atoms with Crippen LogP contribution < -0.4 is 14.2 Å². The summed E-state index contributed by atoms with van der Waals surface area (Å²) < 4.78 is 76.6. The van der Waals surface area contributed by atoms with Gasteiger partial charge in [-0.3, -0.25) is 4.72 Å². The van der Waals surface area contributed by atoms with Crippen molar-refractivity contribution in [3.8, 4) is 11.5 Å². The third-order valence-electron chi connectivity index (χ3n) is 3.46. The van der Waals surface area contributed by atoms with Gasteiger partial charge in [-0.2, -0.15) is 13.2 Å². The lowest BCUT2D eigenvalue weighted by Gasteiger charge is -2.17. The highest BCUT2D eigenvalue weighted by molar-refractivity contribution is 7.92. The van der Waals surface area contributed by atoms with Crippen LogP contribution in [-0.2, 0) is 16.2 Å². The molecule has 2 aromatic carbocycles. The van der Waals surface area contributed by atoms with Crippen molar-refractivity contribution < 1.29 is 31.1 Å². The number of hydrogen-bond acceptors (Lipinski definition) is 4. The molecule has 1 N–H and O–H groups in total. The van der Waals surface area contributed by atoms with E-state index in [0.717, 1.165) is 18.2 Å². The van der Waals surface area contributed by atoms with Crippen LogP contribution in [0, 0.1) is 6.92 Å². The monoisotopic (exact) mass is 375 g/mol. The van der Waals surface area contributed by atoms with E-state index in [1.807, 2.05) is 0 Å². The third kappa shape index (κ3) is 3.98. The van der Waals surface area contributed by atoms with Crippen LogP contribution in [0.15, 0.2) is 41.3 Å². The van der Waals surface area contributed by atoms with E-state index >= 15 is 0 Å². The average Bonchev–Trinajstić information content (AvgIpc) is 2.55. The van der Waals surface area contributed by atoms with Crippen LogP contribution >= 0.6 is 0 Å². The molecule has 0 saturated carbocycles. The summed E-state index contributed by atoms with van der Waals surface area (Å²) in [6.45, 7) is 1.59. The SMILES string of the molecule is COc1cc(C)c(NS(=O)(=O)c2ccccc2C(F)(F)F)cc1OC. The molecular weight excluding hydrogens is 359 g/mol. The maximum atomic E-state index is 13.1. The van der Waals surface area contributed by atoms with E-state index in [1.165, 1.54) is 32.4 Å². The first-order valence-electron chi connectivity index (χ1n) is 7.02. The quantitative estimate of drug-likeness (QED) is 0.863. The fourth-order valence-corrected chi connectivity index (χ4v) is 3.58. The van der Waals surface area contributed by atoms with E-state index < -0.39 is 26.7 Å². The zero-order valence-electron chi connectivity index (χ0n) is 13.6. The normalized spacial score (nSPS) is 11.9. The topological polar surface area (TPSA) is 64.6 Å². The lowest BCUT2D eigenvalue weighted by atomic mass is 10.2. The van der Waals surface area contributed by atoms with Gasteiger partial charge in [0, 0.05) is 6.07 Å². The number of halogens is 3. The Morgan fingerprint density at radius 2 is 1.56 bits per heavy atom. The zero-order valence-corrected chi connectivity index (χ0v) is 14.5. The van der Waals surface area contributed by atoms with E-state index in [4.69, 9.17) is 9.47 Å². The molecule has 2 rings (SSSR count). The molecular formula is C16H16F3NO4S. The highest BCUT2D eigenvalue weighted by atomic mass is 32.2. The fourth-order valence-electron chi connectivity index (χ4n) is 2.23. The Morgan fingerprint density at radius 1 is 1.00 bits per heavy atom. The predicted octanol–water partition coefficient (Wildman–Crippen LogP) is 3.83. The number of sulfonamides is 1. The second-order valence-corrected chi connectivity index (χ2v) is 6.77. The lowest BCUT2D eigenvalue weighted by molar-refractivity contribution is -0.139. The maximum Gasteiger partial charge on any atom is 0.417 e. The Balaban J connectivity index is 2.51. The number of alkyl halides is 3. The van der Waals surface area contributed by atoms with Gasteiger partial charge in [0.25, 0.3) is 10.0 Å². The summed E-state index contributed by atoms with van der Waals surface area (Å²) >= 11 is 0. The summed E-state index contributed by atoms with van der Waals surface area (Å²) in [5, 5.41) is 0. The Bertz CT molecular complexity index is 879. The number of ether oxygens (including phenoxy) is 2. The zero-order chi connectivity index (χ0) is 18.8. The Hall–Kier alpha value is -2.42. The summed E-state index contributed by atoms with van der Waals surface area (Å²) in [6.07, 6.45) is -4.79. The van der Waals surface area contributed by atoms with Crippen LogP contribution in [0.5, 0.6) is 11.5 Å². The summed E-state index contributed by atoms with van der Waals surface area (Å²) in [7, 11) is -1.68. The van der Waals surface area contributed by atoms with Crippen molar-refractivity contribution in [3.63, 3.8) is 0 Å². The van der Waals surface area contributed by atoms with E-state index in [-0.39, 0.29) is 11.4 Å². The Morgan fingerprint density at radius 3 is 2.12 bits per heavy atom. The number of methoxy groups -OCH3 is 2. The molecule has 0 saturated heterocycles. The van der Waals surface area contributed by atoms with Crippen LogP contribution in [0.4, 0.5) is 18.9 Å². The van der Waals surface area contributed by atoms with E-state index in [9.17, 15) is 21.6 Å². The molecule has 0 atom stereocenters. The van der Waals surface area contributed by atoms with E-state index in [2.05, 4.69) is 4.72 Å². The average molecular weight is 375 g/mol. The van der Waals surface area contributed by atoms with Crippen LogP contribution in [0.25, 0.3) is 0 Å². The van der Waals surface area contributed by atoms with Gasteiger partial charge >= 0.3 is 6.18 Å². The van der Waals surface area contributed by atoms with Crippen molar-refractivity contribution in [2.45, 2.75) is 18.0 Å². The summed E-state index contributed by atoms with van der Waals surface area (Å²) in [5.74, 6) is 0.619. The largest absolute Gasteiger partial charge is 0.493 e. The number of rotatable bonds is 5. The predicted molar refractivity (Wildman–Crippen MR) is 86.5 cm³/mol. The van der Waals surface area contributed by atoms with Crippen molar-refractivity contribution in [3.05, 3.63) is 47.5 Å². The second-order valence-electron chi connectivity index (χ2n) is 5.12. The first-order chi connectivity index (χ1) is 11.6. The van der Waals surface area contributed by atoms with Gasteiger partial charge in [0.2, 0.25) is 0 Å².